The fraction of sp³-hybridized carbons (Fsp3) is 0.565. The zero-order valence-corrected chi connectivity index (χ0v) is 64.8. The van der Waals surface area contributed by atoms with Gasteiger partial charge >= 0.3 is 0 Å². The summed E-state index contributed by atoms with van der Waals surface area (Å²) in [7, 11) is 0. The third-order valence-electron chi connectivity index (χ3n) is 18.9. The van der Waals surface area contributed by atoms with Crippen LogP contribution in [0.15, 0.2) is 126 Å². The normalized spacial score (nSPS) is 12.0. The van der Waals surface area contributed by atoms with Crippen LogP contribution in [-0.2, 0) is 22.8 Å². The quantitative estimate of drug-likeness (QED) is 0.0227. The first-order valence-electron chi connectivity index (χ1n) is 40.3. The third-order valence-corrected chi connectivity index (χ3v) is 18.9. The molecule has 0 aliphatic heterocycles. The number of carbonyl (C=O) groups excluding carboxylic acids is 2. The summed E-state index contributed by atoms with van der Waals surface area (Å²) in [6.45, 7) is 21.8. The number of ether oxygens (including phenoxy) is 5. The van der Waals surface area contributed by atoms with Crippen molar-refractivity contribution in [1.82, 2.24) is 0 Å². The smallest absolute Gasteiger partial charge is 0.224 e. The Hall–Kier alpha value is -7.00. The van der Waals surface area contributed by atoms with Crippen molar-refractivity contribution in [2.45, 2.75) is 307 Å². The maximum absolute atomic E-state index is 12.9. The second kappa shape index (κ2) is 53.8. The van der Waals surface area contributed by atoms with Crippen molar-refractivity contribution in [3.63, 3.8) is 0 Å². The number of carbonyl (C=O) groups is 2. The minimum absolute atomic E-state index is 0.0517. The van der Waals surface area contributed by atoms with Crippen molar-refractivity contribution in [2.24, 2.45) is 11.8 Å². The Bertz CT molecular complexity index is 2900. The molecule has 0 heterocycles. The van der Waals surface area contributed by atoms with E-state index in [0.717, 1.165) is 120 Å². The third kappa shape index (κ3) is 39.3. The fourth-order valence-electron chi connectivity index (χ4n) is 12.7. The largest absolute Gasteiger partial charge is 0.489 e. The van der Waals surface area contributed by atoms with Gasteiger partial charge in [0.15, 0.2) is 11.5 Å². The molecule has 2 atom stereocenters. The Kier molecular flexibility index (Phi) is 45.1. The molecular formula is C92H136N2O7. The average Bonchev–Trinajstić information content (AvgIpc) is 0.791. The van der Waals surface area contributed by atoms with E-state index in [1.807, 2.05) is 72.8 Å². The zero-order valence-electron chi connectivity index (χ0n) is 64.8. The molecule has 0 fully saturated rings. The number of anilines is 2. The lowest BCUT2D eigenvalue weighted by Crippen LogP contribution is -2.15. The SMILES string of the molecule is CCCCCCCCCCCCOc1c(COc2ccc(/C=C/c3ccc(NC(=O)C[C@@H](C)CCC=C(C)C)cc3)cc2)cc(COc2ccc(/C=C/c3ccc(NC(=O)C[C@@H](C)CCC=C(C)C)cc3)cc2)c(OCCCCCCCCCCCC)c1OCCCCCCCCCCCC. The number of nitrogens with one attached hydrogen (secondary N) is 2. The molecule has 0 saturated heterocycles. The van der Waals surface area contributed by atoms with E-state index >= 15 is 0 Å². The lowest BCUT2D eigenvalue weighted by Gasteiger charge is -2.23. The number of amides is 2. The first kappa shape index (κ1) is 84.7. The number of hydrogen-bond acceptors (Lipinski definition) is 7. The van der Waals surface area contributed by atoms with Crippen LogP contribution in [0.2, 0.25) is 0 Å². The van der Waals surface area contributed by atoms with Gasteiger partial charge < -0.3 is 34.3 Å². The Morgan fingerprint density at radius 1 is 0.347 bits per heavy atom. The van der Waals surface area contributed by atoms with Gasteiger partial charge in [0.25, 0.3) is 0 Å². The van der Waals surface area contributed by atoms with Crippen LogP contribution < -0.4 is 34.3 Å². The predicted molar refractivity (Wildman–Crippen MR) is 433 cm³/mol. The molecule has 0 unspecified atom stereocenters. The maximum Gasteiger partial charge on any atom is 0.224 e. The second-order valence-electron chi connectivity index (χ2n) is 29.3. The summed E-state index contributed by atoms with van der Waals surface area (Å²) in [4.78, 5) is 25.7. The van der Waals surface area contributed by atoms with E-state index in [-0.39, 0.29) is 25.0 Å². The fourth-order valence-corrected chi connectivity index (χ4v) is 12.7. The van der Waals surface area contributed by atoms with E-state index in [4.69, 9.17) is 23.7 Å². The van der Waals surface area contributed by atoms with Crippen LogP contribution in [0.5, 0.6) is 28.7 Å². The van der Waals surface area contributed by atoms with Gasteiger partial charge in [0.05, 0.1) is 19.8 Å². The molecule has 0 aliphatic rings. The summed E-state index contributed by atoms with van der Waals surface area (Å²) in [6.07, 6.45) is 55.3. The highest BCUT2D eigenvalue weighted by molar-refractivity contribution is 5.91. The highest BCUT2D eigenvalue weighted by Crippen LogP contribution is 2.45. The first-order valence-corrected chi connectivity index (χ1v) is 40.3. The van der Waals surface area contributed by atoms with Crippen LogP contribution >= 0.6 is 0 Å². The Morgan fingerprint density at radius 2 is 0.614 bits per heavy atom. The van der Waals surface area contributed by atoms with Crippen molar-refractivity contribution in [3.05, 3.63) is 160 Å². The summed E-state index contributed by atoms with van der Waals surface area (Å²) in [5, 5.41) is 6.18. The summed E-state index contributed by atoms with van der Waals surface area (Å²) in [6, 6.07) is 34.7. The van der Waals surface area contributed by atoms with Crippen molar-refractivity contribution in [1.29, 1.82) is 0 Å². The van der Waals surface area contributed by atoms with Crippen molar-refractivity contribution < 1.29 is 33.3 Å². The van der Waals surface area contributed by atoms with Crippen LogP contribution in [0.25, 0.3) is 24.3 Å². The predicted octanol–water partition coefficient (Wildman–Crippen LogP) is 27.5. The molecule has 5 rings (SSSR count). The van der Waals surface area contributed by atoms with Gasteiger partial charge in [-0.25, -0.2) is 0 Å². The summed E-state index contributed by atoms with van der Waals surface area (Å²) in [5.74, 6) is 4.32. The molecular weight excluding hydrogens is 1250 g/mol. The van der Waals surface area contributed by atoms with Crippen LogP contribution in [0.4, 0.5) is 11.4 Å². The molecule has 2 amide bonds. The van der Waals surface area contributed by atoms with Gasteiger partial charge in [-0.1, -0.05) is 304 Å². The Morgan fingerprint density at radius 3 is 0.901 bits per heavy atom. The van der Waals surface area contributed by atoms with E-state index in [0.29, 0.717) is 61.7 Å². The molecule has 9 nitrogen and oxygen atoms in total. The van der Waals surface area contributed by atoms with Crippen LogP contribution in [-0.4, -0.2) is 31.6 Å². The minimum atomic E-state index is 0.0517. The van der Waals surface area contributed by atoms with Gasteiger partial charge in [-0.05, 0) is 161 Å². The van der Waals surface area contributed by atoms with Gasteiger partial charge in [0.2, 0.25) is 17.6 Å². The molecule has 0 radical (unpaired) electrons. The van der Waals surface area contributed by atoms with Crippen LogP contribution in [0, 0.1) is 11.8 Å². The maximum atomic E-state index is 12.9. The highest BCUT2D eigenvalue weighted by Gasteiger charge is 2.25. The van der Waals surface area contributed by atoms with E-state index in [9.17, 15) is 9.59 Å². The van der Waals surface area contributed by atoms with Gasteiger partial charge in [-0.3, -0.25) is 9.59 Å². The second-order valence-corrected chi connectivity index (χ2v) is 29.3. The van der Waals surface area contributed by atoms with E-state index in [2.05, 4.69) is 140 Å². The number of hydrogen-bond donors (Lipinski definition) is 2. The lowest BCUT2D eigenvalue weighted by atomic mass is 10.0. The highest BCUT2D eigenvalue weighted by atomic mass is 16.5. The van der Waals surface area contributed by atoms with Gasteiger partial charge in [-0.15, -0.1) is 0 Å². The van der Waals surface area contributed by atoms with Gasteiger partial charge in [0.1, 0.15) is 24.7 Å². The van der Waals surface area contributed by atoms with Crippen molar-refractivity contribution >= 4 is 47.5 Å². The molecule has 0 bridgehead atoms. The standard InChI is InChI=1S/C92H136N2O7/c1-10-13-16-19-22-25-28-31-34-37-66-97-90-82(72-100-86-62-54-80(55-63-86)48-46-78-50-58-84(59-51-78)93-88(95)69-76(8)44-40-42-74(4)5)71-83(91(98-67-38-35-32-29-26-23-20-17-14-11-2)92(90)99-68-39-36-33-30-27-24-21-18-15-12-3)73-101-87-64-56-81(57-65-87)49-47-79-52-60-85(61-53-79)94-89(96)70-77(9)45-41-43-75(6)7/h42-43,46-65,71,76-77H,10-41,44-45,66-70,72-73H2,1-9H3,(H,93,95)(H,94,96)/b48-46+,49-47+/t76-,77-/m0/s1. The molecule has 0 aromatic heterocycles. The molecule has 101 heavy (non-hydrogen) atoms. The van der Waals surface area contributed by atoms with E-state index < -0.39 is 0 Å². The van der Waals surface area contributed by atoms with Crippen molar-refractivity contribution in [3.8, 4) is 28.7 Å². The summed E-state index contributed by atoms with van der Waals surface area (Å²) < 4.78 is 34.7. The number of benzene rings is 5. The zero-order chi connectivity index (χ0) is 72.2. The van der Waals surface area contributed by atoms with E-state index in [1.165, 1.54) is 165 Å². The van der Waals surface area contributed by atoms with Crippen LogP contribution in [0.3, 0.4) is 0 Å². The summed E-state index contributed by atoms with van der Waals surface area (Å²) >= 11 is 0. The molecule has 556 valence electrons. The number of rotatable bonds is 58. The lowest BCUT2D eigenvalue weighted by molar-refractivity contribution is -0.117. The number of unbranched alkanes of at least 4 members (excludes halogenated alkanes) is 27. The minimum Gasteiger partial charge on any atom is -0.489 e. The molecule has 9 heteroatoms. The monoisotopic (exact) mass is 1380 g/mol. The topological polar surface area (TPSA) is 104 Å². The Labute approximate surface area is 615 Å². The van der Waals surface area contributed by atoms with Gasteiger partial charge in [0, 0.05) is 35.3 Å². The first-order chi connectivity index (χ1) is 49.3. The Balaban J connectivity index is 1.39. The molecule has 5 aromatic carbocycles. The van der Waals surface area contributed by atoms with Crippen LogP contribution in [0.1, 0.15) is 327 Å². The molecule has 0 spiro atoms. The van der Waals surface area contributed by atoms with E-state index in [1.54, 1.807) is 0 Å². The molecule has 0 aliphatic carbocycles. The molecule has 2 N–H and O–H groups in total. The number of allylic oxidation sites excluding steroid dienone is 4. The average molecular weight is 1380 g/mol. The van der Waals surface area contributed by atoms with Gasteiger partial charge in [-0.2, -0.15) is 0 Å². The van der Waals surface area contributed by atoms with Crippen molar-refractivity contribution in [2.75, 3.05) is 30.5 Å². The molecule has 5 aromatic rings. The summed E-state index contributed by atoms with van der Waals surface area (Å²) in [5.41, 5.74) is 10.2. The molecule has 0 saturated carbocycles.